The third kappa shape index (κ3) is 3.83. The predicted molar refractivity (Wildman–Crippen MR) is 77.8 cm³/mol. The van der Waals surface area contributed by atoms with E-state index >= 15 is 0 Å². The van der Waals surface area contributed by atoms with E-state index in [-0.39, 0.29) is 17.8 Å². The maximum Gasteiger partial charge on any atom is 0.492 e. The van der Waals surface area contributed by atoms with Crippen molar-refractivity contribution in [1.82, 2.24) is 9.78 Å². The van der Waals surface area contributed by atoms with Crippen LogP contribution in [0.2, 0.25) is 0 Å². The molecule has 2 N–H and O–H groups in total. The molecule has 1 unspecified atom stereocenters. The Hall–Kier alpha value is -1.86. The summed E-state index contributed by atoms with van der Waals surface area (Å²) in [5.74, 6) is -0.400. The van der Waals surface area contributed by atoms with Gasteiger partial charge in [-0.2, -0.15) is 5.10 Å². The summed E-state index contributed by atoms with van der Waals surface area (Å²) in [6, 6.07) is 5.68. The summed E-state index contributed by atoms with van der Waals surface area (Å²) in [7, 11) is -1.71. The summed E-state index contributed by atoms with van der Waals surface area (Å²) < 4.78 is 20.5. The summed E-state index contributed by atoms with van der Waals surface area (Å²) in [5, 5.41) is 22.8. The van der Waals surface area contributed by atoms with Crippen LogP contribution in [0.5, 0.6) is 5.75 Å². The molecule has 0 aliphatic rings. The zero-order valence-corrected chi connectivity index (χ0v) is 12.0. The van der Waals surface area contributed by atoms with Crippen LogP contribution in [0.15, 0.2) is 30.5 Å². The van der Waals surface area contributed by atoms with Crippen molar-refractivity contribution in [2.24, 2.45) is 0 Å². The molecule has 2 rings (SSSR count). The Morgan fingerprint density at radius 3 is 2.81 bits per heavy atom. The summed E-state index contributed by atoms with van der Waals surface area (Å²) in [4.78, 5) is 0. The molecule has 1 heterocycles. The largest absolute Gasteiger partial charge is 0.492 e. The lowest BCUT2D eigenvalue weighted by Gasteiger charge is -2.11. The molecule has 0 aliphatic carbocycles. The van der Waals surface area contributed by atoms with Gasteiger partial charge in [-0.1, -0.05) is 13.0 Å². The molecule has 2 aromatic rings. The monoisotopic (exact) mass is 292 g/mol. The molecular formula is C14H18BFN2O3. The lowest BCUT2D eigenvalue weighted by Crippen LogP contribution is -2.31. The molecule has 1 aromatic heterocycles. The van der Waals surface area contributed by atoms with Gasteiger partial charge in [-0.3, -0.25) is 4.68 Å². The van der Waals surface area contributed by atoms with Crippen molar-refractivity contribution in [3.05, 3.63) is 42.0 Å². The molecule has 1 aromatic carbocycles. The third-order valence-corrected chi connectivity index (χ3v) is 3.34. The Balaban J connectivity index is 2.09. The molecule has 1 atom stereocenters. The van der Waals surface area contributed by atoms with E-state index in [0.717, 1.165) is 18.6 Å². The average molecular weight is 292 g/mol. The number of ether oxygens (including phenoxy) is 1. The molecule has 0 radical (unpaired) electrons. The van der Waals surface area contributed by atoms with Crippen molar-refractivity contribution in [3.63, 3.8) is 0 Å². The lowest BCUT2D eigenvalue weighted by molar-refractivity contribution is 0.297. The smallest absolute Gasteiger partial charge is 0.487 e. The Morgan fingerprint density at radius 1 is 1.38 bits per heavy atom. The minimum absolute atomic E-state index is 0.100. The highest BCUT2D eigenvalue weighted by Crippen LogP contribution is 2.14. The molecule has 0 amide bonds. The van der Waals surface area contributed by atoms with Gasteiger partial charge >= 0.3 is 7.12 Å². The maximum absolute atomic E-state index is 13.2. The van der Waals surface area contributed by atoms with Gasteiger partial charge in [-0.15, -0.1) is 0 Å². The number of rotatable bonds is 6. The summed E-state index contributed by atoms with van der Waals surface area (Å²) >= 11 is 0. The summed E-state index contributed by atoms with van der Waals surface area (Å²) in [6.45, 7) is 4.27. The lowest BCUT2D eigenvalue weighted by atomic mass is 9.79. The number of halogens is 1. The fraction of sp³-hybridized carbons (Fsp3) is 0.357. The van der Waals surface area contributed by atoms with Crippen LogP contribution in [0.3, 0.4) is 0 Å². The van der Waals surface area contributed by atoms with Crippen LogP contribution in [-0.2, 0) is 6.61 Å². The second-order valence-electron chi connectivity index (χ2n) is 4.89. The van der Waals surface area contributed by atoms with Gasteiger partial charge in [0, 0.05) is 23.8 Å². The molecule has 5 nitrogen and oxygen atoms in total. The first-order valence-electron chi connectivity index (χ1n) is 6.83. The standard InChI is InChI=1S/C14H18BFN2O3/c1-3-10(2)18-7-6-12(17-18)9-21-14-8-11(16)4-5-13(14)15(19)20/h4-8,10,19-20H,3,9H2,1-2H3. The van der Waals surface area contributed by atoms with Crippen LogP contribution in [0.1, 0.15) is 32.0 Å². The van der Waals surface area contributed by atoms with Gasteiger partial charge in [0.15, 0.2) is 0 Å². The zero-order chi connectivity index (χ0) is 15.4. The van der Waals surface area contributed by atoms with Crippen LogP contribution in [-0.4, -0.2) is 26.9 Å². The first kappa shape index (κ1) is 15.5. The Morgan fingerprint density at radius 2 is 2.14 bits per heavy atom. The normalized spacial score (nSPS) is 12.2. The molecule has 21 heavy (non-hydrogen) atoms. The second kappa shape index (κ2) is 6.73. The number of nitrogens with zero attached hydrogens (tertiary/aromatic N) is 2. The first-order chi connectivity index (χ1) is 10.0. The van der Waals surface area contributed by atoms with Crippen LogP contribution in [0.4, 0.5) is 4.39 Å². The highest BCUT2D eigenvalue weighted by atomic mass is 19.1. The van der Waals surface area contributed by atoms with E-state index in [1.54, 1.807) is 0 Å². The number of hydrogen-bond acceptors (Lipinski definition) is 4. The quantitative estimate of drug-likeness (QED) is 0.786. The van der Waals surface area contributed by atoms with Crippen LogP contribution >= 0.6 is 0 Å². The van der Waals surface area contributed by atoms with E-state index in [1.807, 2.05) is 16.9 Å². The molecule has 0 saturated carbocycles. The average Bonchev–Trinajstić information content (AvgIpc) is 2.93. The molecule has 0 fully saturated rings. The van der Waals surface area contributed by atoms with Gasteiger partial charge < -0.3 is 14.8 Å². The van der Waals surface area contributed by atoms with Crippen molar-refractivity contribution in [2.45, 2.75) is 32.9 Å². The Labute approximate surface area is 123 Å². The van der Waals surface area contributed by atoms with Crippen LogP contribution < -0.4 is 10.2 Å². The molecule has 0 aliphatic heterocycles. The van der Waals surface area contributed by atoms with Gasteiger partial charge in [0.25, 0.3) is 0 Å². The van der Waals surface area contributed by atoms with E-state index in [1.165, 1.54) is 6.07 Å². The highest BCUT2D eigenvalue weighted by Gasteiger charge is 2.18. The van der Waals surface area contributed by atoms with Gasteiger partial charge in [0.1, 0.15) is 18.2 Å². The molecule has 0 spiro atoms. The fourth-order valence-electron chi connectivity index (χ4n) is 1.89. The van der Waals surface area contributed by atoms with E-state index in [0.29, 0.717) is 11.7 Å². The van der Waals surface area contributed by atoms with Crippen LogP contribution in [0, 0.1) is 5.82 Å². The minimum Gasteiger partial charge on any atom is -0.487 e. The molecule has 112 valence electrons. The van der Waals surface area contributed by atoms with Crippen molar-refractivity contribution >= 4 is 12.6 Å². The van der Waals surface area contributed by atoms with Gasteiger partial charge in [-0.25, -0.2) is 4.39 Å². The summed E-state index contributed by atoms with van der Waals surface area (Å²) in [6.07, 6.45) is 2.83. The number of hydrogen-bond donors (Lipinski definition) is 2. The van der Waals surface area contributed by atoms with E-state index in [9.17, 15) is 14.4 Å². The second-order valence-corrected chi connectivity index (χ2v) is 4.89. The molecular weight excluding hydrogens is 274 g/mol. The Bertz CT molecular complexity index is 604. The summed E-state index contributed by atoms with van der Waals surface area (Å²) in [5.41, 5.74) is 0.815. The molecule has 0 saturated heterocycles. The van der Waals surface area contributed by atoms with Gasteiger partial charge in [0.05, 0.1) is 5.69 Å². The van der Waals surface area contributed by atoms with Gasteiger partial charge in [0.2, 0.25) is 0 Å². The predicted octanol–water partition coefficient (Wildman–Crippen LogP) is 1.25. The fourth-order valence-corrected chi connectivity index (χ4v) is 1.89. The zero-order valence-electron chi connectivity index (χ0n) is 12.0. The number of benzene rings is 1. The van der Waals surface area contributed by atoms with Crippen molar-refractivity contribution in [3.8, 4) is 5.75 Å². The van der Waals surface area contributed by atoms with Crippen LogP contribution in [0.25, 0.3) is 0 Å². The third-order valence-electron chi connectivity index (χ3n) is 3.34. The Kier molecular flexibility index (Phi) is 4.98. The van der Waals surface area contributed by atoms with Crippen molar-refractivity contribution in [1.29, 1.82) is 0 Å². The topological polar surface area (TPSA) is 67.5 Å². The molecule has 0 bridgehead atoms. The van der Waals surface area contributed by atoms with E-state index < -0.39 is 12.9 Å². The van der Waals surface area contributed by atoms with E-state index in [4.69, 9.17) is 4.74 Å². The highest BCUT2D eigenvalue weighted by molar-refractivity contribution is 6.59. The van der Waals surface area contributed by atoms with Gasteiger partial charge in [-0.05, 0) is 25.5 Å². The molecule has 7 heteroatoms. The van der Waals surface area contributed by atoms with Crippen molar-refractivity contribution < 1.29 is 19.2 Å². The maximum atomic E-state index is 13.2. The van der Waals surface area contributed by atoms with E-state index in [2.05, 4.69) is 18.9 Å². The minimum atomic E-state index is -1.71. The first-order valence-corrected chi connectivity index (χ1v) is 6.83. The van der Waals surface area contributed by atoms with Crippen molar-refractivity contribution in [2.75, 3.05) is 0 Å². The SMILES string of the molecule is CCC(C)n1ccc(COc2cc(F)ccc2B(O)O)n1. The number of aromatic nitrogens is 2.